The number of piperazine rings is 1. The van der Waals surface area contributed by atoms with Crippen LogP contribution in [0.3, 0.4) is 0 Å². The molecule has 23 heavy (non-hydrogen) atoms. The fourth-order valence-electron chi connectivity index (χ4n) is 2.66. The molecular formula is C15H18BrN3O4. The van der Waals surface area contributed by atoms with E-state index < -0.39 is 0 Å². The summed E-state index contributed by atoms with van der Waals surface area (Å²) in [7, 11) is 0. The summed E-state index contributed by atoms with van der Waals surface area (Å²) in [5.41, 5.74) is 1.33. The Labute approximate surface area is 141 Å². The third kappa shape index (κ3) is 3.42. The Bertz CT molecular complexity index is 762. The van der Waals surface area contributed by atoms with Crippen molar-refractivity contribution in [3.63, 3.8) is 0 Å². The van der Waals surface area contributed by atoms with E-state index in [2.05, 4.69) is 20.8 Å². The summed E-state index contributed by atoms with van der Waals surface area (Å²) < 4.78 is 12.8. The van der Waals surface area contributed by atoms with Gasteiger partial charge < -0.3 is 14.1 Å². The van der Waals surface area contributed by atoms with Gasteiger partial charge in [-0.05, 0) is 25.1 Å². The molecule has 7 nitrogen and oxygen atoms in total. The fraction of sp³-hybridized carbons (Fsp3) is 0.467. The SMILES string of the molecule is CCOC(=O)N1CCN(Cn2c(=O)oc3cc(Br)ccc32)CC1. The maximum atomic E-state index is 12.1. The number of hydrogen-bond acceptors (Lipinski definition) is 5. The van der Waals surface area contributed by atoms with Crippen LogP contribution in [0.25, 0.3) is 11.1 Å². The monoisotopic (exact) mass is 383 g/mol. The first-order valence-electron chi connectivity index (χ1n) is 7.51. The molecule has 0 N–H and O–H groups in total. The molecular weight excluding hydrogens is 366 g/mol. The number of carbonyl (C=O) groups is 1. The molecule has 0 unspecified atom stereocenters. The van der Waals surface area contributed by atoms with Gasteiger partial charge in [0.1, 0.15) is 0 Å². The van der Waals surface area contributed by atoms with Crippen molar-refractivity contribution in [1.29, 1.82) is 0 Å². The lowest BCUT2D eigenvalue weighted by Crippen LogP contribution is -2.49. The number of oxazole rings is 1. The standard InChI is InChI=1S/C15H18BrN3O4/c1-2-22-14(20)18-7-5-17(6-8-18)10-19-12-4-3-11(16)9-13(12)23-15(19)21/h3-4,9H,2,5-8,10H2,1H3. The average molecular weight is 384 g/mol. The molecule has 3 rings (SSSR count). The lowest BCUT2D eigenvalue weighted by atomic mass is 10.3. The van der Waals surface area contributed by atoms with Crippen molar-refractivity contribution in [2.24, 2.45) is 0 Å². The van der Waals surface area contributed by atoms with E-state index in [0.29, 0.717) is 45.0 Å². The summed E-state index contributed by atoms with van der Waals surface area (Å²) >= 11 is 3.37. The molecule has 0 radical (unpaired) electrons. The Morgan fingerprint density at radius 2 is 2.04 bits per heavy atom. The van der Waals surface area contributed by atoms with E-state index in [-0.39, 0.29) is 11.8 Å². The number of benzene rings is 1. The molecule has 1 aromatic carbocycles. The van der Waals surface area contributed by atoms with Crippen LogP contribution in [-0.4, -0.2) is 53.2 Å². The molecule has 124 valence electrons. The lowest BCUT2D eigenvalue weighted by molar-refractivity contribution is 0.0705. The molecule has 1 aromatic heterocycles. The number of aromatic nitrogens is 1. The number of hydrogen-bond donors (Lipinski definition) is 0. The predicted octanol–water partition coefficient (Wildman–Crippen LogP) is 2.09. The van der Waals surface area contributed by atoms with Gasteiger partial charge in [-0.15, -0.1) is 0 Å². The van der Waals surface area contributed by atoms with Crippen LogP contribution >= 0.6 is 15.9 Å². The lowest BCUT2D eigenvalue weighted by Gasteiger charge is -2.33. The van der Waals surface area contributed by atoms with Crippen molar-refractivity contribution >= 4 is 33.1 Å². The Morgan fingerprint density at radius 1 is 1.30 bits per heavy atom. The maximum absolute atomic E-state index is 12.1. The smallest absolute Gasteiger partial charge is 0.421 e. The second-order valence-corrected chi connectivity index (χ2v) is 6.27. The summed E-state index contributed by atoms with van der Waals surface area (Å²) in [5, 5.41) is 0. The molecule has 0 bridgehead atoms. The van der Waals surface area contributed by atoms with Crippen LogP contribution < -0.4 is 5.76 Å². The van der Waals surface area contributed by atoms with Gasteiger partial charge in [0, 0.05) is 30.7 Å². The van der Waals surface area contributed by atoms with Gasteiger partial charge in [-0.1, -0.05) is 15.9 Å². The normalized spacial score (nSPS) is 16.0. The Hall–Kier alpha value is -1.80. The van der Waals surface area contributed by atoms with E-state index in [1.54, 1.807) is 22.5 Å². The van der Waals surface area contributed by atoms with Gasteiger partial charge >= 0.3 is 11.8 Å². The first-order valence-corrected chi connectivity index (χ1v) is 8.30. The van der Waals surface area contributed by atoms with E-state index in [4.69, 9.17) is 9.15 Å². The summed E-state index contributed by atoms with van der Waals surface area (Å²) in [6, 6.07) is 5.53. The van der Waals surface area contributed by atoms with Crippen LogP contribution in [0, 0.1) is 0 Å². The van der Waals surface area contributed by atoms with Gasteiger partial charge in [-0.3, -0.25) is 9.47 Å². The fourth-order valence-corrected chi connectivity index (χ4v) is 3.00. The Morgan fingerprint density at radius 3 is 2.74 bits per heavy atom. The van der Waals surface area contributed by atoms with Crippen LogP contribution in [0.15, 0.2) is 31.9 Å². The van der Waals surface area contributed by atoms with Crippen LogP contribution in [0.4, 0.5) is 4.79 Å². The molecule has 2 aromatic rings. The molecule has 1 fully saturated rings. The minimum Gasteiger partial charge on any atom is -0.450 e. The van der Waals surface area contributed by atoms with Crippen molar-refractivity contribution in [3.8, 4) is 0 Å². The molecule has 1 saturated heterocycles. The highest BCUT2D eigenvalue weighted by atomic mass is 79.9. The molecule has 1 aliphatic heterocycles. The molecule has 0 saturated carbocycles. The van der Waals surface area contributed by atoms with E-state index in [1.165, 1.54) is 0 Å². The number of carbonyl (C=O) groups excluding carboxylic acids is 1. The van der Waals surface area contributed by atoms with Crippen molar-refractivity contribution in [2.75, 3.05) is 32.8 Å². The summed E-state index contributed by atoms with van der Waals surface area (Å²) in [5.74, 6) is -0.370. The first kappa shape index (κ1) is 16.1. The Balaban J connectivity index is 1.69. The number of rotatable bonds is 3. The van der Waals surface area contributed by atoms with Gasteiger partial charge in [0.05, 0.1) is 18.8 Å². The minimum atomic E-state index is -0.370. The van der Waals surface area contributed by atoms with Crippen LogP contribution in [0.1, 0.15) is 6.92 Å². The molecule has 1 amide bonds. The van der Waals surface area contributed by atoms with E-state index in [9.17, 15) is 9.59 Å². The molecule has 0 spiro atoms. The van der Waals surface area contributed by atoms with E-state index in [1.807, 2.05) is 12.1 Å². The zero-order chi connectivity index (χ0) is 16.4. The van der Waals surface area contributed by atoms with Crippen LogP contribution in [0.2, 0.25) is 0 Å². The summed E-state index contributed by atoms with van der Waals surface area (Å²) in [6.07, 6.45) is -0.275. The van der Waals surface area contributed by atoms with Gasteiger partial charge in [-0.25, -0.2) is 9.59 Å². The van der Waals surface area contributed by atoms with Crippen LogP contribution in [0.5, 0.6) is 0 Å². The average Bonchev–Trinajstić information content (AvgIpc) is 2.83. The second-order valence-electron chi connectivity index (χ2n) is 5.35. The van der Waals surface area contributed by atoms with Gasteiger partial charge in [0.2, 0.25) is 0 Å². The topological polar surface area (TPSA) is 67.9 Å². The minimum absolute atomic E-state index is 0.275. The number of ether oxygens (including phenoxy) is 1. The number of halogens is 1. The van der Waals surface area contributed by atoms with Crippen molar-refractivity contribution in [1.82, 2.24) is 14.4 Å². The molecule has 8 heteroatoms. The maximum Gasteiger partial charge on any atom is 0.421 e. The van der Waals surface area contributed by atoms with Gasteiger partial charge in [-0.2, -0.15) is 0 Å². The number of amides is 1. The first-order chi connectivity index (χ1) is 11.1. The van der Waals surface area contributed by atoms with E-state index in [0.717, 1.165) is 9.99 Å². The highest BCUT2D eigenvalue weighted by molar-refractivity contribution is 9.10. The third-order valence-electron chi connectivity index (χ3n) is 3.87. The largest absolute Gasteiger partial charge is 0.450 e. The predicted molar refractivity (Wildman–Crippen MR) is 88.3 cm³/mol. The van der Waals surface area contributed by atoms with E-state index >= 15 is 0 Å². The highest BCUT2D eigenvalue weighted by Gasteiger charge is 2.23. The van der Waals surface area contributed by atoms with Crippen LogP contribution in [-0.2, 0) is 11.4 Å². The zero-order valence-corrected chi connectivity index (χ0v) is 14.4. The molecule has 2 heterocycles. The quantitative estimate of drug-likeness (QED) is 0.811. The van der Waals surface area contributed by atoms with Crippen molar-refractivity contribution in [2.45, 2.75) is 13.6 Å². The molecule has 1 aliphatic rings. The zero-order valence-electron chi connectivity index (χ0n) is 12.8. The second kappa shape index (κ2) is 6.76. The summed E-state index contributed by atoms with van der Waals surface area (Å²) in [4.78, 5) is 27.6. The number of fused-ring (bicyclic) bond motifs is 1. The summed E-state index contributed by atoms with van der Waals surface area (Å²) in [6.45, 7) is 5.19. The number of nitrogens with zero attached hydrogens (tertiary/aromatic N) is 3. The van der Waals surface area contributed by atoms with Crippen molar-refractivity contribution in [3.05, 3.63) is 33.2 Å². The highest BCUT2D eigenvalue weighted by Crippen LogP contribution is 2.19. The van der Waals surface area contributed by atoms with Gasteiger partial charge in [0.25, 0.3) is 0 Å². The van der Waals surface area contributed by atoms with Gasteiger partial charge in [0.15, 0.2) is 5.58 Å². The molecule has 0 atom stereocenters. The van der Waals surface area contributed by atoms with Crippen molar-refractivity contribution < 1.29 is 13.9 Å². The Kier molecular flexibility index (Phi) is 4.72. The third-order valence-corrected chi connectivity index (χ3v) is 4.36. The molecule has 0 aliphatic carbocycles.